The van der Waals surface area contributed by atoms with E-state index < -0.39 is 29.7 Å². The Bertz CT molecular complexity index is 420. The highest BCUT2D eigenvalue weighted by molar-refractivity contribution is 6.05. The summed E-state index contributed by atoms with van der Waals surface area (Å²) in [5.74, 6) is -2.30. The summed E-state index contributed by atoms with van der Waals surface area (Å²) in [6, 6.07) is -1.01. The largest absolute Gasteiger partial charge is 0.481 e. The van der Waals surface area contributed by atoms with Crippen LogP contribution < -0.4 is 5.32 Å². The smallest absolute Gasteiger partial charge is 0.303 e. The van der Waals surface area contributed by atoms with E-state index in [0.717, 1.165) is 30.6 Å². The summed E-state index contributed by atoms with van der Waals surface area (Å²) in [7, 11) is 0. The normalized spacial score (nSPS) is 16.0. The van der Waals surface area contributed by atoms with Crippen molar-refractivity contribution in [2.45, 2.75) is 64.3 Å². The van der Waals surface area contributed by atoms with Gasteiger partial charge in [-0.1, -0.05) is 26.2 Å². The number of aliphatic carboxylic acids is 1. The average Bonchev–Trinajstić information content (AvgIpc) is 2.79. The van der Waals surface area contributed by atoms with E-state index >= 15 is 0 Å². The van der Waals surface area contributed by atoms with Crippen LogP contribution in [0.25, 0.3) is 0 Å². The van der Waals surface area contributed by atoms with Crippen LogP contribution in [0.5, 0.6) is 0 Å². The summed E-state index contributed by atoms with van der Waals surface area (Å²) in [5, 5.41) is 11.5. The van der Waals surface area contributed by atoms with Gasteiger partial charge in [0.2, 0.25) is 17.7 Å². The summed E-state index contributed by atoms with van der Waals surface area (Å²) < 4.78 is 0. The quantitative estimate of drug-likeness (QED) is 0.464. The molecule has 0 unspecified atom stereocenters. The summed E-state index contributed by atoms with van der Waals surface area (Å²) in [6.45, 7) is 2.56. The molecule has 0 aromatic heterocycles. The molecule has 0 aromatic carbocycles. The monoisotopic (exact) mass is 312 g/mol. The first-order valence-electron chi connectivity index (χ1n) is 7.81. The molecule has 0 aliphatic carbocycles. The maximum absolute atomic E-state index is 12.2. The van der Waals surface area contributed by atoms with Crippen molar-refractivity contribution >= 4 is 23.7 Å². The second-order valence-corrected chi connectivity index (χ2v) is 5.46. The maximum Gasteiger partial charge on any atom is 0.303 e. The molecular weight excluding hydrogens is 288 g/mol. The third kappa shape index (κ3) is 5.46. The SMILES string of the molecule is CCCCCCNC(=O)[C@H](CCC(=O)O)N1C(=O)CCC1=O. The number of amides is 3. The Balaban J connectivity index is 2.60. The molecule has 1 aliphatic rings. The van der Waals surface area contributed by atoms with Crippen LogP contribution in [0, 0.1) is 0 Å². The zero-order chi connectivity index (χ0) is 16.5. The lowest BCUT2D eigenvalue weighted by molar-refractivity contribution is -0.148. The van der Waals surface area contributed by atoms with Gasteiger partial charge in [0, 0.05) is 25.8 Å². The minimum atomic E-state index is -1.06. The maximum atomic E-state index is 12.2. The van der Waals surface area contributed by atoms with Gasteiger partial charge in [0.15, 0.2) is 0 Å². The number of nitrogens with zero attached hydrogens (tertiary/aromatic N) is 1. The van der Waals surface area contributed by atoms with Crippen LogP contribution in [0.1, 0.15) is 58.3 Å². The lowest BCUT2D eigenvalue weighted by Gasteiger charge is -2.24. The van der Waals surface area contributed by atoms with E-state index in [0.29, 0.717) is 6.54 Å². The number of carboxylic acid groups (broad SMARTS) is 1. The molecule has 1 aliphatic heterocycles. The molecule has 0 spiro atoms. The number of imide groups is 1. The predicted octanol–water partition coefficient (Wildman–Crippen LogP) is 1.07. The molecule has 0 aromatic rings. The Morgan fingerprint density at radius 2 is 1.82 bits per heavy atom. The van der Waals surface area contributed by atoms with Crippen molar-refractivity contribution in [1.82, 2.24) is 10.2 Å². The molecule has 1 heterocycles. The van der Waals surface area contributed by atoms with E-state index in [1.54, 1.807) is 0 Å². The van der Waals surface area contributed by atoms with Crippen LogP contribution in [-0.2, 0) is 19.2 Å². The molecule has 0 bridgehead atoms. The summed E-state index contributed by atoms with van der Waals surface area (Å²) >= 11 is 0. The highest BCUT2D eigenvalue weighted by Crippen LogP contribution is 2.19. The fourth-order valence-corrected chi connectivity index (χ4v) is 2.46. The van der Waals surface area contributed by atoms with Crippen LogP contribution in [0.2, 0.25) is 0 Å². The average molecular weight is 312 g/mol. The first-order chi connectivity index (χ1) is 10.5. The number of carbonyl (C=O) groups is 4. The zero-order valence-electron chi connectivity index (χ0n) is 13.0. The molecule has 2 N–H and O–H groups in total. The molecule has 0 radical (unpaired) electrons. The van der Waals surface area contributed by atoms with Gasteiger partial charge in [-0.15, -0.1) is 0 Å². The van der Waals surface area contributed by atoms with Gasteiger partial charge in [-0.05, 0) is 12.8 Å². The van der Waals surface area contributed by atoms with Crippen molar-refractivity contribution in [3.8, 4) is 0 Å². The minimum absolute atomic E-state index is 0.0480. The standard InChI is InChI=1S/C15H24N2O5/c1-2-3-4-5-10-16-15(22)11(6-9-14(20)21)17-12(18)7-8-13(17)19/h11H,2-10H2,1H3,(H,16,22)(H,20,21)/t11-/m0/s1. The number of hydrogen-bond acceptors (Lipinski definition) is 4. The summed E-state index contributed by atoms with van der Waals surface area (Å²) in [5.41, 5.74) is 0. The first-order valence-corrected chi connectivity index (χ1v) is 7.81. The second-order valence-electron chi connectivity index (χ2n) is 5.46. The first kappa shape index (κ1) is 18.1. The van der Waals surface area contributed by atoms with Crippen molar-refractivity contribution in [3.05, 3.63) is 0 Å². The van der Waals surface area contributed by atoms with Crippen LogP contribution in [0.15, 0.2) is 0 Å². The Kier molecular flexibility index (Phi) is 7.56. The number of carboxylic acids is 1. The van der Waals surface area contributed by atoms with Crippen molar-refractivity contribution in [3.63, 3.8) is 0 Å². The molecule has 1 atom stereocenters. The van der Waals surface area contributed by atoms with Gasteiger partial charge >= 0.3 is 5.97 Å². The van der Waals surface area contributed by atoms with E-state index in [9.17, 15) is 19.2 Å². The summed E-state index contributed by atoms with van der Waals surface area (Å²) in [4.78, 5) is 47.4. The minimum Gasteiger partial charge on any atom is -0.481 e. The van der Waals surface area contributed by atoms with E-state index in [1.807, 2.05) is 0 Å². The van der Waals surface area contributed by atoms with Crippen molar-refractivity contribution < 1.29 is 24.3 Å². The van der Waals surface area contributed by atoms with Gasteiger partial charge in [0.1, 0.15) is 6.04 Å². The second kappa shape index (κ2) is 9.17. The number of hydrogen-bond donors (Lipinski definition) is 2. The third-order valence-corrected chi connectivity index (χ3v) is 3.67. The zero-order valence-corrected chi connectivity index (χ0v) is 13.0. The molecule has 22 heavy (non-hydrogen) atoms. The van der Waals surface area contributed by atoms with Crippen LogP contribution >= 0.6 is 0 Å². The molecule has 7 heteroatoms. The molecule has 0 saturated carbocycles. The molecule has 3 amide bonds. The highest BCUT2D eigenvalue weighted by atomic mass is 16.4. The topological polar surface area (TPSA) is 104 Å². The fourth-order valence-electron chi connectivity index (χ4n) is 2.46. The fraction of sp³-hybridized carbons (Fsp3) is 0.733. The molecule has 124 valence electrons. The summed E-state index contributed by atoms with van der Waals surface area (Å²) in [6.07, 6.45) is 3.87. The van der Waals surface area contributed by atoms with E-state index in [1.165, 1.54) is 0 Å². The van der Waals surface area contributed by atoms with Gasteiger partial charge in [-0.3, -0.25) is 24.1 Å². The highest BCUT2D eigenvalue weighted by Gasteiger charge is 2.38. The number of unbranched alkanes of at least 4 members (excludes halogenated alkanes) is 3. The lowest BCUT2D eigenvalue weighted by atomic mass is 10.1. The van der Waals surface area contributed by atoms with Gasteiger partial charge in [0.25, 0.3) is 0 Å². The van der Waals surface area contributed by atoms with E-state index in [-0.39, 0.29) is 25.7 Å². The Hall–Kier alpha value is -1.92. The van der Waals surface area contributed by atoms with Crippen molar-refractivity contribution in [2.24, 2.45) is 0 Å². The van der Waals surface area contributed by atoms with Crippen LogP contribution in [-0.4, -0.2) is 46.3 Å². The molecule has 1 rings (SSSR count). The molecule has 7 nitrogen and oxygen atoms in total. The number of rotatable bonds is 10. The van der Waals surface area contributed by atoms with Crippen molar-refractivity contribution in [1.29, 1.82) is 0 Å². The van der Waals surface area contributed by atoms with Gasteiger partial charge in [0.05, 0.1) is 0 Å². The van der Waals surface area contributed by atoms with Crippen LogP contribution in [0.3, 0.4) is 0 Å². The van der Waals surface area contributed by atoms with Crippen LogP contribution in [0.4, 0.5) is 0 Å². The molecule has 1 fully saturated rings. The number of nitrogens with one attached hydrogen (secondary N) is 1. The molecular formula is C15H24N2O5. The Morgan fingerprint density at radius 3 is 2.36 bits per heavy atom. The van der Waals surface area contributed by atoms with E-state index in [2.05, 4.69) is 12.2 Å². The predicted molar refractivity (Wildman–Crippen MR) is 78.9 cm³/mol. The van der Waals surface area contributed by atoms with Gasteiger partial charge in [-0.25, -0.2) is 0 Å². The number of carbonyl (C=O) groups excluding carboxylic acids is 3. The Labute approximate surface area is 130 Å². The third-order valence-electron chi connectivity index (χ3n) is 3.67. The lowest BCUT2D eigenvalue weighted by Crippen LogP contribution is -2.49. The van der Waals surface area contributed by atoms with Gasteiger partial charge in [-0.2, -0.15) is 0 Å². The van der Waals surface area contributed by atoms with Gasteiger partial charge < -0.3 is 10.4 Å². The Morgan fingerprint density at radius 1 is 1.18 bits per heavy atom. The van der Waals surface area contributed by atoms with E-state index in [4.69, 9.17) is 5.11 Å². The van der Waals surface area contributed by atoms with Crippen molar-refractivity contribution in [2.75, 3.05) is 6.54 Å². The molecule has 1 saturated heterocycles. The number of likely N-dealkylation sites (tertiary alicyclic amines) is 1.